The van der Waals surface area contributed by atoms with Crippen LogP contribution in [0, 0.1) is 23.0 Å². The molecule has 0 saturated carbocycles. The largest absolute Gasteiger partial charge is 0.452 e. The van der Waals surface area contributed by atoms with E-state index in [4.69, 9.17) is 10.00 Å². The Labute approximate surface area is 152 Å². The Morgan fingerprint density at radius 1 is 1.04 bits per heavy atom. The maximum Gasteiger partial charge on any atom is 0.338 e. The first kappa shape index (κ1) is 19.5. The Bertz CT molecular complexity index is 925. The maximum absolute atomic E-state index is 13.0. The smallest absolute Gasteiger partial charge is 0.338 e. The molecule has 0 spiro atoms. The third-order valence-electron chi connectivity index (χ3n) is 3.21. The lowest BCUT2D eigenvalue weighted by Gasteiger charge is -2.08. The van der Waals surface area contributed by atoms with Gasteiger partial charge in [-0.25, -0.2) is 13.6 Å². The van der Waals surface area contributed by atoms with Gasteiger partial charge in [-0.3, -0.25) is 9.59 Å². The monoisotopic (exact) mass is 373 g/mol. The van der Waals surface area contributed by atoms with Crippen molar-refractivity contribution in [3.63, 3.8) is 0 Å². The third kappa shape index (κ3) is 5.89. The van der Waals surface area contributed by atoms with Crippen LogP contribution in [0.3, 0.4) is 0 Å². The van der Waals surface area contributed by atoms with Gasteiger partial charge in [0, 0.05) is 11.8 Å². The molecule has 2 aromatic rings. The van der Waals surface area contributed by atoms with Crippen molar-refractivity contribution in [2.45, 2.75) is 0 Å². The van der Waals surface area contributed by atoms with E-state index >= 15 is 0 Å². The first-order valence-corrected chi connectivity index (χ1v) is 7.58. The van der Waals surface area contributed by atoms with E-state index in [0.717, 1.165) is 18.2 Å². The Kier molecular flexibility index (Phi) is 6.55. The van der Waals surface area contributed by atoms with Crippen molar-refractivity contribution in [2.24, 2.45) is 0 Å². The van der Waals surface area contributed by atoms with Gasteiger partial charge in [0.05, 0.1) is 23.7 Å². The molecule has 0 aliphatic carbocycles. The van der Waals surface area contributed by atoms with Gasteiger partial charge in [0.25, 0.3) is 5.91 Å². The number of nitrogens with zero attached hydrogens (tertiary/aromatic N) is 1. The van der Waals surface area contributed by atoms with Gasteiger partial charge in [0.2, 0.25) is 5.91 Å². The highest BCUT2D eigenvalue weighted by molar-refractivity contribution is 5.95. The Balaban J connectivity index is 1.76. The normalized spacial score (nSPS) is 9.81. The Morgan fingerprint density at radius 3 is 2.52 bits per heavy atom. The highest BCUT2D eigenvalue weighted by Gasteiger charge is 2.12. The molecule has 2 rings (SSSR count). The van der Waals surface area contributed by atoms with Crippen LogP contribution in [0.15, 0.2) is 42.5 Å². The topological polar surface area (TPSA) is 108 Å². The molecule has 0 heterocycles. The van der Waals surface area contributed by atoms with Crippen molar-refractivity contribution in [1.29, 1.82) is 5.26 Å². The first-order valence-electron chi connectivity index (χ1n) is 7.58. The van der Waals surface area contributed by atoms with E-state index in [1.807, 2.05) is 6.07 Å². The van der Waals surface area contributed by atoms with E-state index in [1.165, 1.54) is 24.3 Å². The number of rotatable bonds is 6. The van der Waals surface area contributed by atoms with Crippen LogP contribution < -0.4 is 10.6 Å². The first-order chi connectivity index (χ1) is 12.9. The van der Waals surface area contributed by atoms with Crippen molar-refractivity contribution in [3.05, 3.63) is 65.2 Å². The SMILES string of the molecule is N#Cc1cccc(C(=O)OCC(=O)NCC(=O)Nc2ccc(F)c(F)c2)c1. The van der Waals surface area contributed by atoms with E-state index in [1.54, 1.807) is 0 Å². The van der Waals surface area contributed by atoms with E-state index in [9.17, 15) is 23.2 Å². The minimum Gasteiger partial charge on any atom is -0.452 e. The second kappa shape index (κ2) is 9.05. The van der Waals surface area contributed by atoms with Gasteiger partial charge < -0.3 is 15.4 Å². The van der Waals surface area contributed by atoms with Crippen molar-refractivity contribution >= 4 is 23.5 Å². The second-order valence-corrected chi connectivity index (χ2v) is 5.22. The number of carbonyl (C=O) groups is 3. The van der Waals surface area contributed by atoms with E-state index in [2.05, 4.69) is 10.6 Å². The van der Waals surface area contributed by atoms with Crippen LogP contribution in [-0.4, -0.2) is 30.9 Å². The third-order valence-corrected chi connectivity index (χ3v) is 3.21. The number of nitriles is 1. The standard InChI is InChI=1S/C18H13F2N3O4/c19-14-5-4-13(7-15(14)20)23-16(24)9-22-17(25)10-27-18(26)12-3-1-2-11(6-12)8-21/h1-7H,9-10H2,(H,22,25)(H,23,24). The summed E-state index contributed by atoms with van der Waals surface area (Å²) in [4.78, 5) is 35.1. The number of hydrogen-bond donors (Lipinski definition) is 2. The van der Waals surface area contributed by atoms with Crippen LogP contribution in [0.25, 0.3) is 0 Å². The second-order valence-electron chi connectivity index (χ2n) is 5.22. The molecular weight excluding hydrogens is 360 g/mol. The highest BCUT2D eigenvalue weighted by Crippen LogP contribution is 2.12. The number of hydrogen-bond acceptors (Lipinski definition) is 5. The number of esters is 1. The molecule has 2 N–H and O–H groups in total. The van der Waals surface area contributed by atoms with Crippen molar-refractivity contribution in [1.82, 2.24) is 5.32 Å². The fourth-order valence-corrected chi connectivity index (χ4v) is 1.94. The van der Waals surface area contributed by atoms with Gasteiger partial charge >= 0.3 is 5.97 Å². The number of halogens is 2. The molecule has 0 aliphatic heterocycles. The lowest BCUT2D eigenvalue weighted by molar-refractivity contribution is -0.126. The van der Waals surface area contributed by atoms with Crippen LogP contribution in [0.2, 0.25) is 0 Å². The molecule has 138 valence electrons. The Hall–Kier alpha value is -3.80. The molecule has 0 saturated heterocycles. The summed E-state index contributed by atoms with van der Waals surface area (Å²) >= 11 is 0. The molecule has 2 aromatic carbocycles. The quantitative estimate of drug-likeness (QED) is 0.750. The van der Waals surface area contributed by atoms with Crippen LogP contribution in [0.4, 0.5) is 14.5 Å². The van der Waals surface area contributed by atoms with Crippen LogP contribution in [0.1, 0.15) is 15.9 Å². The molecular formula is C18H13F2N3O4. The molecule has 7 nitrogen and oxygen atoms in total. The molecule has 0 fully saturated rings. The fourth-order valence-electron chi connectivity index (χ4n) is 1.94. The molecule has 0 unspecified atom stereocenters. The van der Waals surface area contributed by atoms with Gasteiger partial charge in [-0.1, -0.05) is 6.07 Å². The van der Waals surface area contributed by atoms with Crippen molar-refractivity contribution in [2.75, 3.05) is 18.5 Å². The number of nitrogens with one attached hydrogen (secondary N) is 2. The molecule has 0 radical (unpaired) electrons. The summed E-state index contributed by atoms with van der Waals surface area (Å²) in [5.74, 6) is -4.39. The lowest BCUT2D eigenvalue weighted by atomic mass is 10.1. The fraction of sp³-hybridized carbons (Fsp3) is 0.111. The summed E-state index contributed by atoms with van der Waals surface area (Å²) in [5.41, 5.74) is 0.401. The van der Waals surface area contributed by atoms with Crippen molar-refractivity contribution in [3.8, 4) is 6.07 Å². The molecule has 27 heavy (non-hydrogen) atoms. The predicted octanol–water partition coefficient (Wildman–Crippen LogP) is 1.75. The van der Waals surface area contributed by atoms with Crippen molar-refractivity contribution < 1.29 is 27.9 Å². The minimum absolute atomic E-state index is 0.0250. The van der Waals surface area contributed by atoms with Gasteiger partial charge in [0.15, 0.2) is 18.2 Å². The number of amides is 2. The van der Waals surface area contributed by atoms with Crippen LogP contribution >= 0.6 is 0 Å². The maximum atomic E-state index is 13.0. The van der Waals surface area contributed by atoms with Gasteiger partial charge in [-0.2, -0.15) is 5.26 Å². The average molecular weight is 373 g/mol. The molecule has 0 bridgehead atoms. The highest BCUT2D eigenvalue weighted by atomic mass is 19.2. The molecule has 9 heteroatoms. The zero-order valence-electron chi connectivity index (χ0n) is 13.8. The number of anilines is 1. The summed E-state index contributed by atoms with van der Waals surface area (Å²) in [6.07, 6.45) is 0. The van der Waals surface area contributed by atoms with E-state index in [-0.39, 0.29) is 16.8 Å². The number of ether oxygens (including phenoxy) is 1. The van der Waals surface area contributed by atoms with Gasteiger partial charge in [-0.15, -0.1) is 0 Å². The summed E-state index contributed by atoms with van der Waals surface area (Å²) in [7, 11) is 0. The predicted molar refractivity (Wildman–Crippen MR) is 89.4 cm³/mol. The summed E-state index contributed by atoms with van der Waals surface area (Å²) in [5, 5.41) is 13.3. The minimum atomic E-state index is -1.12. The van der Waals surface area contributed by atoms with Gasteiger partial charge in [0.1, 0.15) is 0 Å². The average Bonchev–Trinajstić information content (AvgIpc) is 2.67. The molecule has 0 aliphatic rings. The molecule has 0 atom stereocenters. The lowest BCUT2D eigenvalue weighted by Crippen LogP contribution is -2.35. The number of benzene rings is 2. The van der Waals surface area contributed by atoms with Gasteiger partial charge in [-0.05, 0) is 30.3 Å². The van der Waals surface area contributed by atoms with E-state index in [0.29, 0.717) is 0 Å². The van der Waals surface area contributed by atoms with Crippen LogP contribution in [0.5, 0.6) is 0 Å². The zero-order valence-corrected chi connectivity index (χ0v) is 13.8. The van der Waals surface area contributed by atoms with Crippen LogP contribution in [-0.2, 0) is 14.3 Å². The molecule has 2 amide bonds. The van der Waals surface area contributed by atoms with E-state index < -0.39 is 42.6 Å². The summed E-state index contributed by atoms with van der Waals surface area (Å²) < 4.78 is 30.6. The zero-order chi connectivity index (χ0) is 19.8. The molecule has 0 aromatic heterocycles. The summed E-state index contributed by atoms with van der Waals surface area (Å²) in [6, 6.07) is 10.4. The number of carbonyl (C=O) groups excluding carboxylic acids is 3. The summed E-state index contributed by atoms with van der Waals surface area (Å²) in [6.45, 7) is -1.09. The Morgan fingerprint density at radius 2 is 1.81 bits per heavy atom.